The molecule has 2 aromatic carbocycles. The van der Waals surface area contributed by atoms with E-state index in [2.05, 4.69) is 15.6 Å². The third kappa shape index (κ3) is 4.99. The topological polar surface area (TPSA) is 85.2 Å². The summed E-state index contributed by atoms with van der Waals surface area (Å²) in [7, 11) is 1.63. The molecule has 0 aliphatic rings. The number of carbonyl (C=O) groups excluding carboxylic acids is 2. The van der Waals surface area contributed by atoms with Crippen LogP contribution >= 0.6 is 0 Å². The van der Waals surface area contributed by atoms with Gasteiger partial charge in [-0.15, -0.1) is 0 Å². The van der Waals surface area contributed by atoms with Crippen LogP contribution in [0, 0.1) is 13.8 Å². The summed E-state index contributed by atoms with van der Waals surface area (Å²) < 4.78 is 7.28. The Morgan fingerprint density at radius 1 is 0.941 bits per heavy atom. The molecule has 7 nitrogen and oxygen atoms in total. The molecule has 172 valence electrons. The molecule has 0 aliphatic heterocycles. The van der Waals surface area contributed by atoms with E-state index in [9.17, 15) is 9.59 Å². The van der Waals surface area contributed by atoms with Crippen LogP contribution in [0.3, 0.4) is 0 Å². The average molecular weight is 455 g/mol. The van der Waals surface area contributed by atoms with Crippen LogP contribution in [-0.2, 0) is 6.54 Å². The Morgan fingerprint density at radius 3 is 2.38 bits per heavy atom. The van der Waals surface area contributed by atoms with Gasteiger partial charge >= 0.3 is 0 Å². The molecule has 0 spiro atoms. The van der Waals surface area contributed by atoms with E-state index in [1.807, 2.05) is 73.0 Å². The van der Waals surface area contributed by atoms with Crippen LogP contribution < -0.4 is 15.4 Å². The van der Waals surface area contributed by atoms with Crippen LogP contribution in [0.4, 0.5) is 5.69 Å². The molecule has 0 radical (unpaired) electrons. The van der Waals surface area contributed by atoms with Crippen molar-refractivity contribution in [3.8, 4) is 11.4 Å². The second-order valence-corrected chi connectivity index (χ2v) is 7.89. The zero-order valence-electron chi connectivity index (χ0n) is 19.3. The molecule has 4 aromatic rings. The molecule has 4 rings (SSSR count). The standard InChI is InChI=1S/C27H26N4O3/c1-18-15-25(19(2)31(18)23-7-9-24(34-3)10-8-23)27(33)29-17-20-5-4-6-22(16-20)30-26(32)21-11-13-28-14-12-21/h4-16H,17H2,1-3H3,(H,29,33)(H,30,32). The summed E-state index contributed by atoms with van der Waals surface area (Å²) in [6, 6.07) is 20.3. The molecule has 2 aromatic heterocycles. The number of aryl methyl sites for hydroxylation is 1. The molecule has 2 amide bonds. The predicted octanol–water partition coefficient (Wildman–Crippen LogP) is 4.68. The van der Waals surface area contributed by atoms with Crippen LogP contribution in [0.2, 0.25) is 0 Å². The zero-order chi connectivity index (χ0) is 24.1. The first-order chi connectivity index (χ1) is 16.5. The quantitative estimate of drug-likeness (QED) is 0.425. The molecule has 0 atom stereocenters. The fraction of sp³-hybridized carbons (Fsp3) is 0.148. The van der Waals surface area contributed by atoms with Crippen molar-refractivity contribution in [3.63, 3.8) is 0 Å². The molecule has 2 N–H and O–H groups in total. The van der Waals surface area contributed by atoms with Crippen LogP contribution in [0.15, 0.2) is 79.1 Å². The summed E-state index contributed by atoms with van der Waals surface area (Å²) in [6.07, 6.45) is 3.15. The number of ether oxygens (including phenoxy) is 1. The van der Waals surface area contributed by atoms with Gasteiger partial charge in [-0.1, -0.05) is 12.1 Å². The lowest BCUT2D eigenvalue weighted by atomic mass is 10.1. The number of carbonyl (C=O) groups is 2. The summed E-state index contributed by atoms with van der Waals surface area (Å²) in [6.45, 7) is 4.24. The monoisotopic (exact) mass is 454 g/mol. The highest BCUT2D eigenvalue weighted by atomic mass is 16.5. The van der Waals surface area contributed by atoms with E-state index in [4.69, 9.17) is 4.74 Å². The van der Waals surface area contributed by atoms with E-state index < -0.39 is 0 Å². The third-order valence-corrected chi connectivity index (χ3v) is 5.59. The van der Waals surface area contributed by atoms with Crippen molar-refractivity contribution in [2.24, 2.45) is 0 Å². The lowest BCUT2D eigenvalue weighted by Gasteiger charge is -2.11. The minimum Gasteiger partial charge on any atom is -0.497 e. The summed E-state index contributed by atoms with van der Waals surface area (Å²) in [5, 5.41) is 5.86. The van der Waals surface area contributed by atoms with E-state index in [0.29, 0.717) is 23.4 Å². The smallest absolute Gasteiger partial charge is 0.255 e. The Labute approximate surface area is 198 Å². The molecule has 0 saturated heterocycles. The van der Waals surface area contributed by atoms with Crippen LogP contribution in [-0.4, -0.2) is 28.5 Å². The van der Waals surface area contributed by atoms with Gasteiger partial charge in [-0.05, 0) is 74.0 Å². The van der Waals surface area contributed by atoms with Crippen molar-refractivity contribution in [1.29, 1.82) is 0 Å². The molecule has 2 heterocycles. The Bertz CT molecular complexity index is 1310. The van der Waals surface area contributed by atoms with E-state index in [-0.39, 0.29) is 11.8 Å². The van der Waals surface area contributed by atoms with Gasteiger partial charge in [0.05, 0.1) is 12.7 Å². The number of hydrogen-bond acceptors (Lipinski definition) is 4. The summed E-state index contributed by atoms with van der Waals surface area (Å²) in [4.78, 5) is 29.3. The molecular weight excluding hydrogens is 428 g/mol. The third-order valence-electron chi connectivity index (χ3n) is 5.59. The average Bonchev–Trinajstić information content (AvgIpc) is 3.17. The predicted molar refractivity (Wildman–Crippen MR) is 132 cm³/mol. The Balaban J connectivity index is 1.44. The van der Waals surface area contributed by atoms with Crippen LogP contribution in [0.1, 0.15) is 37.7 Å². The maximum atomic E-state index is 13.0. The maximum absolute atomic E-state index is 13.0. The largest absolute Gasteiger partial charge is 0.497 e. The van der Waals surface area contributed by atoms with Gasteiger partial charge in [-0.3, -0.25) is 14.6 Å². The fourth-order valence-corrected chi connectivity index (χ4v) is 3.86. The minimum atomic E-state index is -0.213. The van der Waals surface area contributed by atoms with Gasteiger partial charge in [0.15, 0.2) is 0 Å². The molecule has 0 aliphatic carbocycles. The molecule has 0 bridgehead atoms. The number of benzene rings is 2. The van der Waals surface area contributed by atoms with Crippen molar-refractivity contribution in [2.45, 2.75) is 20.4 Å². The number of nitrogens with one attached hydrogen (secondary N) is 2. The molecular formula is C27H26N4O3. The highest BCUT2D eigenvalue weighted by Crippen LogP contribution is 2.23. The first kappa shape index (κ1) is 22.8. The first-order valence-corrected chi connectivity index (χ1v) is 10.9. The van der Waals surface area contributed by atoms with E-state index in [1.54, 1.807) is 31.6 Å². The lowest BCUT2D eigenvalue weighted by molar-refractivity contribution is 0.0949. The Morgan fingerprint density at radius 2 is 1.68 bits per heavy atom. The number of nitrogens with zero attached hydrogens (tertiary/aromatic N) is 2. The van der Waals surface area contributed by atoms with Crippen molar-refractivity contribution < 1.29 is 14.3 Å². The lowest BCUT2D eigenvalue weighted by Crippen LogP contribution is -2.23. The van der Waals surface area contributed by atoms with Crippen molar-refractivity contribution in [3.05, 3.63) is 107 Å². The molecule has 34 heavy (non-hydrogen) atoms. The summed E-state index contributed by atoms with van der Waals surface area (Å²) in [5.41, 5.74) is 5.48. The molecule has 0 saturated carbocycles. The van der Waals surface area contributed by atoms with Crippen LogP contribution in [0.5, 0.6) is 5.75 Å². The van der Waals surface area contributed by atoms with Gasteiger partial charge in [0, 0.05) is 47.3 Å². The van der Waals surface area contributed by atoms with Gasteiger partial charge in [-0.2, -0.15) is 0 Å². The SMILES string of the molecule is COc1ccc(-n2c(C)cc(C(=O)NCc3cccc(NC(=O)c4ccncc4)c3)c2C)cc1. The second kappa shape index (κ2) is 10.0. The minimum absolute atomic E-state index is 0.154. The Hall–Kier alpha value is -4.39. The molecule has 0 fully saturated rings. The number of amides is 2. The summed E-state index contributed by atoms with van der Waals surface area (Å²) >= 11 is 0. The number of hydrogen-bond donors (Lipinski definition) is 2. The van der Waals surface area contributed by atoms with Crippen molar-refractivity contribution in [2.75, 3.05) is 12.4 Å². The highest BCUT2D eigenvalue weighted by molar-refractivity contribution is 6.04. The van der Waals surface area contributed by atoms with E-state index in [1.165, 1.54) is 0 Å². The zero-order valence-corrected chi connectivity index (χ0v) is 19.3. The van der Waals surface area contributed by atoms with Gasteiger partial charge in [0.1, 0.15) is 5.75 Å². The highest BCUT2D eigenvalue weighted by Gasteiger charge is 2.17. The number of pyridine rings is 1. The second-order valence-electron chi connectivity index (χ2n) is 7.89. The summed E-state index contributed by atoms with van der Waals surface area (Å²) in [5.74, 6) is 0.414. The number of methoxy groups -OCH3 is 1. The van der Waals surface area contributed by atoms with Crippen molar-refractivity contribution >= 4 is 17.5 Å². The number of anilines is 1. The van der Waals surface area contributed by atoms with Gasteiger partial charge in [-0.25, -0.2) is 0 Å². The van der Waals surface area contributed by atoms with Gasteiger partial charge in [0.25, 0.3) is 11.8 Å². The molecule has 7 heteroatoms. The normalized spacial score (nSPS) is 10.6. The maximum Gasteiger partial charge on any atom is 0.255 e. The van der Waals surface area contributed by atoms with Crippen molar-refractivity contribution in [1.82, 2.24) is 14.9 Å². The molecule has 0 unspecified atom stereocenters. The van der Waals surface area contributed by atoms with Crippen LogP contribution in [0.25, 0.3) is 5.69 Å². The first-order valence-electron chi connectivity index (χ1n) is 10.9. The van der Waals surface area contributed by atoms with Gasteiger partial charge < -0.3 is 19.9 Å². The Kier molecular flexibility index (Phi) is 6.73. The number of aromatic nitrogens is 2. The number of rotatable bonds is 7. The van der Waals surface area contributed by atoms with E-state index in [0.717, 1.165) is 28.4 Å². The van der Waals surface area contributed by atoms with Gasteiger partial charge in [0.2, 0.25) is 0 Å². The van der Waals surface area contributed by atoms with E-state index >= 15 is 0 Å². The fourth-order valence-electron chi connectivity index (χ4n) is 3.86.